The van der Waals surface area contributed by atoms with Crippen LogP contribution in [0.4, 0.5) is 0 Å². The second kappa shape index (κ2) is 8.84. The topological polar surface area (TPSA) is 43.6 Å². The first-order valence-corrected chi connectivity index (χ1v) is 16.1. The molecule has 1 aliphatic carbocycles. The zero-order chi connectivity index (χ0) is 29.9. The molecule has 4 heterocycles. The average Bonchev–Trinajstić information content (AvgIpc) is 3.71. The first-order chi connectivity index (χ1) is 22.1. The summed E-state index contributed by atoms with van der Waals surface area (Å²) in [4.78, 5) is 17.0. The lowest BCUT2D eigenvalue weighted by Crippen LogP contribution is -2.13. The SMILES string of the molecule is CC1(C)c2ccccc2-c2c1sc1c2ccc2c3ccccc3n(-c3nc(-c4ccccc4)c4cnc5ccccc5c4n3)c21. The summed E-state index contributed by atoms with van der Waals surface area (Å²) in [6.07, 6.45) is 1.93. The van der Waals surface area contributed by atoms with Crippen LogP contribution in [0.2, 0.25) is 0 Å². The van der Waals surface area contributed by atoms with E-state index in [1.54, 1.807) is 0 Å². The Morgan fingerprint density at radius 3 is 2.27 bits per heavy atom. The molecule has 0 saturated carbocycles. The van der Waals surface area contributed by atoms with Crippen LogP contribution >= 0.6 is 11.3 Å². The smallest absolute Gasteiger partial charge is 0.235 e. The molecule has 0 radical (unpaired) electrons. The zero-order valence-electron chi connectivity index (χ0n) is 24.7. The van der Waals surface area contributed by atoms with Gasteiger partial charge in [-0.25, -0.2) is 9.97 Å². The number of aromatic nitrogens is 4. The van der Waals surface area contributed by atoms with Crippen LogP contribution in [-0.2, 0) is 5.41 Å². The molecule has 1 aliphatic rings. The third kappa shape index (κ3) is 3.28. The number of fused-ring (bicyclic) bond motifs is 12. The highest BCUT2D eigenvalue weighted by Gasteiger charge is 2.39. The van der Waals surface area contributed by atoms with E-state index < -0.39 is 0 Å². The number of thiophene rings is 1. The molecule has 4 aromatic heterocycles. The van der Waals surface area contributed by atoms with Crippen LogP contribution in [0.25, 0.3) is 82.0 Å². The second-order valence-electron chi connectivity index (χ2n) is 12.4. The maximum absolute atomic E-state index is 5.38. The van der Waals surface area contributed by atoms with Gasteiger partial charge in [-0.05, 0) is 23.3 Å². The standard InChI is InChI=1S/C40H26N4S/c1-40(2)30-17-9-6-15-26(30)33-28-21-20-25-24-14-8-11-19-32(24)44(36(25)37(28)45-38(33)40)39-42-34(23-12-4-3-5-13-23)29-22-41-31-18-10-7-16-27(31)35(29)43-39/h3-22H,1-2H3. The van der Waals surface area contributed by atoms with Crippen molar-refractivity contribution in [3.63, 3.8) is 0 Å². The summed E-state index contributed by atoms with van der Waals surface area (Å²) in [5, 5.41) is 5.68. The predicted octanol–water partition coefficient (Wildman–Crippen LogP) is 10.5. The highest BCUT2D eigenvalue weighted by Crippen LogP contribution is 2.56. The third-order valence-electron chi connectivity index (χ3n) is 9.60. The minimum Gasteiger partial charge on any atom is -0.276 e. The maximum Gasteiger partial charge on any atom is 0.235 e. The van der Waals surface area contributed by atoms with Crippen LogP contribution in [0.5, 0.6) is 0 Å². The Balaban J connectivity index is 1.38. The van der Waals surface area contributed by atoms with Crippen molar-refractivity contribution in [2.24, 2.45) is 0 Å². The first-order valence-electron chi connectivity index (χ1n) is 15.3. The lowest BCUT2D eigenvalue weighted by Gasteiger charge is -2.19. The van der Waals surface area contributed by atoms with E-state index in [2.05, 4.69) is 122 Å². The Morgan fingerprint density at radius 2 is 1.38 bits per heavy atom. The molecule has 0 bridgehead atoms. The summed E-state index contributed by atoms with van der Waals surface area (Å²) < 4.78 is 3.58. The fourth-order valence-corrected chi connectivity index (χ4v) is 8.98. The molecule has 0 saturated heterocycles. The molecule has 0 unspecified atom stereocenters. The number of benzene rings is 5. The van der Waals surface area contributed by atoms with Crippen molar-refractivity contribution in [1.29, 1.82) is 0 Å². The van der Waals surface area contributed by atoms with Crippen LogP contribution in [-0.4, -0.2) is 19.5 Å². The summed E-state index contributed by atoms with van der Waals surface area (Å²) >= 11 is 1.92. The van der Waals surface area contributed by atoms with Gasteiger partial charge in [-0.1, -0.05) is 117 Å². The van der Waals surface area contributed by atoms with Crippen molar-refractivity contribution in [3.8, 4) is 28.3 Å². The Labute approximate surface area is 263 Å². The normalized spacial score (nSPS) is 13.7. The molecular formula is C40H26N4S. The van der Waals surface area contributed by atoms with Gasteiger partial charge in [0.05, 0.1) is 32.5 Å². The number of pyridine rings is 1. The number of hydrogen-bond donors (Lipinski definition) is 0. The first kappa shape index (κ1) is 25.0. The van der Waals surface area contributed by atoms with Gasteiger partial charge in [0.2, 0.25) is 5.95 Å². The molecule has 0 amide bonds. The lowest BCUT2D eigenvalue weighted by molar-refractivity contribution is 0.674. The van der Waals surface area contributed by atoms with Gasteiger partial charge in [0, 0.05) is 54.5 Å². The fraction of sp³-hybridized carbons (Fsp3) is 0.0750. The largest absolute Gasteiger partial charge is 0.276 e. The Bertz CT molecular complexity index is 2680. The maximum atomic E-state index is 5.38. The molecular weight excluding hydrogens is 569 g/mol. The number of nitrogens with zero attached hydrogens (tertiary/aromatic N) is 4. The van der Waals surface area contributed by atoms with E-state index in [9.17, 15) is 0 Å². The van der Waals surface area contributed by atoms with E-state index in [0.29, 0.717) is 5.95 Å². The minimum absolute atomic E-state index is 0.0649. The van der Waals surface area contributed by atoms with Crippen molar-refractivity contribution < 1.29 is 0 Å². The van der Waals surface area contributed by atoms with Gasteiger partial charge >= 0.3 is 0 Å². The summed E-state index contributed by atoms with van der Waals surface area (Å²) in [6, 6.07) is 40.8. The highest BCUT2D eigenvalue weighted by molar-refractivity contribution is 7.21. The van der Waals surface area contributed by atoms with Gasteiger partial charge in [0.15, 0.2) is 0 Å². The number of rotatable bonds is 2. The van der Waals surface area contributed by atoms with Crippen LogP contribution in [0, 0.1) is 0 Å². The quantitative estimate of drug-likeness (QED) is 0.187. The molecule has 5 aromatic carbocycles. The average molecular weight is 595 g/mol. The summed E-state index contributed by atoms with van der Waals surface area (Å²) in [7, 11) is 0. The zero-order valence-corrected chi connectivity index (χ0v) is 25.6. The van der Waals surface area contributed by atoms with Gasteiger partial charge in [-0.2, -0.15) is 0 Å². The molecule has 5 heteroatoms. The molecule has 10 rings (SSSR count). The molecule has 4 nitrogen and oxygen atoms in total. The van der Waals surface area contributed by atoms with E-state index in [1.165, 1.54) is 42.4 Å². The van der Waals surface area contributed by atoms with Crippen LogP contribution in [0.15, 0.2) is 121 Å². The van der Waals surface area contributed by atoms with Gasteiger partial charge in [0.1, 0.15) is 0 Å². The minimum atomic E-state index is -0.0649. The number of hydrogen-bond acceptors (Lipinski definition) is 4. The highest BCUT2D eigenvalue weighted by atomic mass is 32.1. The fourth-order valence-electron chi connectivity index (χ4n) is 7.51. The molecule has 0 N–H and O–H groups in total. The van der Waals surface area contributed by atoms with Gasteiger partial charge < -0.3 is 0 Å². The number of para-hydroxylation sites is 2. The summed E-state index contributed by atoms with van der Waals surface area (Å²) in [5.41, 5.74) is 10.1. The lowest BCUT2D eigenvalue weighted by atomic mass is 9.87. The third-order valence-corrected chi connectivity index (χ3v) is 11.1. The molecule has 0 fully saturated rings. The molecule has 0 spiro atoms. The summed E-state index contributed by atoms with van der Waals surface area (Å²) in [6.45, 7) is 4.72. The molecule has 0 atom stereocenters. The van der Waals surface area contributed by atoms with E-state index in [0.717, 1.165) is 44.1 Å². The van der Waals surface area contributed by atoms with E-state index in [-0.39, 0.29) is 5.41 Å². The molecule has 0 aliphatic heterocycles. The Morgan fingerprint density at radius 1 is 0.644 bits per heavy atom. The van der Waals surface area contributed by atoms with Gasteiger partial charge in [-0.15, -0.1) is 11.3 Å². The van der Waals surface area contributed by atoms with Gasteiger partial charge in [-0.3, -0.25) is 9.55 Å². The van der Waals surface area contributed by atoms with Crippen molar-refractivity contribution in [2.75, 3.05) is 0 Å². The molecule has 45 heavy (non-hydrogen) atoms. The van der Waals surface area contributed by atoms with Crippen LogP contribution < -0.4 is 0 Å². The van der Waals surface area contributed by atoms with Crippen LogP contribution in [0.1, 0.15) is 24.3 Å². The molecule has 212 valence electrons. The van der Waals surface area contributed by atoms with Crippen LogP contribution in [0.3, 0.4) is 0 Å². The molecule has 9 aromatic rings. The summed E-state index contributed by atoms with van der Waals surface area (Å²) in [5.74, 6) is 0.671. The van der Waals surface area contributed by atoms with E-state index in [1.807, 2.05) is 29.7 Å². The van der Waals surface area contributed by atoms with E-state index in [4.69, 9.17) is 15.0 Å². The Kier molecular flexibility index (Phi) is 4.91. The van der Waals surface area contributed by atoms with Crippen molar-refractivity contribution in [3.05, 3.63) is 132 Å². The Hall–Kier alpha value is -5.39. The monoisotopic (exact) mass is 594 g/mol. The van der Waals surface area contributed by atoms with Crippen molar-refractivity contribution in [1.82, 2.24) is 19.5 Å². The van der Waals surface area contributed by atoms with Crippen molar-refractivity contribution >= 4 is 65.0 Å². The predicted molar refractivity (Wildman–Crippen MR) is 188 cm³/mol. The second-order valence-corrected chi connectivity index (χ2v) is 13.5. The van der Waals surface area contributed by atoms with Gasteiger partial charge in [0.25, 0.3) is 0 Å². The van der Waals surface area contributed by atoms with E-state index >= 15 is 0 Å². The van der Waals surface area contributed by atoms with Crippen molar-refractivity contribution in [2.45, 2.75) is 19.3 Å².